The van der Waals surface area contributed by atoms with E-state index in [-0.39, 0.29) is 6.04 Å². The molecule has 0 saturated heterocycles. The van der Waals surface area contributed by atoms with Gasteiger partial charge < -0.3 is 10.1 Å². The minimum absolute atomic E-state index is 0.143. The molecule has 1 aromatic heterocycles. The molecule has 1 heterocycles. The molecule has 0 bridgehead atoms. The summed E-state index contributed by atoms with van der Waals surface area (Å²) < 4.78 is 7.47. The van der Waals surface area contributed by atoms with Gasteiger partial charge in [0.25, 0.3) is 0 Å². The molecule has 0 saturated carbocycles. The number of hydrogen-bond acceptors (Lipinski definition) is 3. The largest absolute Gasteiger partial charge is 0.492 e. The third kappa shape index (κ3) is 4.13. The average Bonchev–Trinajstić information content (AvgIpc) is 2.69. The van der Waals surface area contributed by atoms with E-state index in [2.05, 4.69) is 10.4 Å². The van der Waals surface area contributed by atoms with E-state index in [1.165, 1.54) is 0 Å². The molecular formula is C15H19Cl2N3O. The normalized spacial score (nSPS) is 12.4. The number of benzene rings is 1. The molecule has 6 heteroatoms. The molecule has 0 aliphatic carbocycles. The molecular weight excluding hydrogens is 309 g/mol. The fourth-order valence-corrected chi connectivity index (χ4v) is 2.58. The quantitative estimate of drug-likeness (QED) is 0.885. The lowest BCUT2D eigenvalue weighted by Gasteiger charge is -2.17. The molecule has 0 spiro atoms. The zero-order chi connectivity index (χ0) is 15.4. The van der Waals surface area contributed by atoms with Crippen LogP contribution in [-0.4, -0.2) is 29.5 Å². The van der Waals surface area contributed by atoms with Gasteiger partial charge in [-0.1, -0.05) is 29.3 Å². The SMILES string of the molecule is CNC(COc1cccc(Cl)c1)Cc1c(C)nn(C)c1Cl. The smallest absolute Gasteiger partial charge is 0.130 e. The summed E-state index contributed by atoms with van der Waals surface area (Å²) in [4.78, 5) is 0. The molecule has 0 amide bonds. The number of aryl methyl sites for hydroxylation is 2. The van der Waals surface area contributed by atoms with E-state index in [1.807, 2.05) is 39.2 Å². The molecule has 1 atom stereocenters. The van der Waals surface area contributed by atoms with Crippen LogP contribution in [0.2, 0.25) is 10.2 Å². The van der Waals surface area contributed by atoms with Crippen LogP contribution in [0.5, 0.6) is 5.75 Å². The summed E-state index contributed by atoms with van der Waals surface area (Å²) in [6, 6.07) is 7.53. The van der Waals surface area contributed by atoms with Gasteiger partial charge in [0, 0.05) is 23.7 Å². The number of ether oxygens (including phenoxy) is 1. The highest BCUT2D eigenvalue weighted by Gasteiger charge is 2.16. The summed E-state index contributed by atoms with van der Waals surface area (Å²) in [5.74, 6) is 0.761. The molecule has 0 fully saturated rings. The molecule has 0 aliphatic heterocycles. The van der Waals surface area contributed by atoms with Crippen LogP contribution in [0.3, 0.4) is 0 Å². The highest BCUT2D eigenvalue weighted by molar-refractivity contribution is 6.30. The van der Waals surface area contributed by atoms with Crippen molar-refractivity contribution in [2.45, 2.75) is 19.4 Å². The van der Waals surface area contributed by atoms with Gasteiger partial charge in [-0.3, -0.25) is 4.68 Å². The average molecular weight is 328 g/mol. The summed E-state index contributed by atoms with van der Waals surface area (Å²) >= 11 is 12.2. The second-order valence-electron chi connectivity index (χ2n) is 4.94. The lowest BCUT2D eigenvalue weighted by Crippen LogP contribution is -2.34. The molecule has 1 unspecified atom stereocenters. The van der Waals surface area contributed by atoms with E-state index < -0.39 is 0 Å². The van der Waals surface area contributed by atoms with Crippen LogP contribution in [0.1, 0.15) is 11.3 Å². The van der Waals surface area contributed by atoms with E-state index in [4.69, 9.17) is 27.9 Å². The van der Waals surface area contributed by atoms with Gasteiger partial charge in [-0.15, -0.1) is 0 Å². The molecule has 4 nitrogen and oxygen atoms in total. The number of halogens is 2. The topological polar surface area (TPSA) is 39.1 Å². The van der Waals surface area contributed by atoms with Gasteiger partial charge in [-0.05, 0) is 38.6 Å². The van der Waals surface area contributed by atoms with Crippen molar-refractivity contribution in [1.82, 2.24) is 15.1 Å². The Morgan fingerprint density at radius 2 is 2.14 bits per heavy atom. The summed E-state index contributed by atoms with van der Waals surface area (Å²) in [5.41, 5.74) is 2.00. The van der Waals surface area contributed by atoms with Crippen molar-refractivity contribution in [2.24, 2.45) is 7.05 Å². The highest BCUT2D eigenvalue weighted by atomic mass is 35.5. The molecule has 2 aromatic rings. The Morgan fingerprint density at radius 1 is 1.38 bits per heavy atom. The minimum atomic E-state index is 0.143. The van der Waals surface area contributed by atoms with Gasteiger partial charge in [-0.25, -0.2) is 0 Å². The van der Waals surface area contributed by atoms with Crippen LogP contribution in [0, 0.1) is 6.92 Å². The van der Waals surface area contributed by atoms with E-state index in [1.54, 1.807) is 10.7 Å². The van der Waals surface area contributed by atoms with Crippen LogP contribution in [0.15, 0.2) is 24.3 Å². The number of nitrogens with one attached hydrogen (secondary N) is 1. The molecule has 0 radical (unpaired) electrons. The van der Waals surface area contributed by atoms with Gasteiger partial charge >= 0.3 is 0 Å². The van der Waals surface area contributed by atoms with Crippen molar-refractivity contribution in [1.29, 1.82) is 0 Å². The first-order valence-electron chi connectivity index (χ1n) is 6.75. The maximum atomic E-state index is 6.27. The molecule has 1 aromatic carbocycles. The Balaban J connectivity index is 2.00. The van der Waals surface area contributed by atoms with E-state index in [0.29, 0.717) is 16.8 Å². The van der Waals surface area contributed by atoms with Crippen molar-refractivity contribution in [3.8, 4) is 5.75 Å². The highest BCUT2D eigenvalue weighted by Crippen LogP contribution is 2.21. The number of likely N-dealkylation sites (N-methyl/N-ethyl adjacent to an activating group) is 1. The van der Waals surface area contributed by atoms with Gasteiger partial charge in [0.05, 0.1) is 5.69 Å². The molecule has 114 valence electrons. The number of nitrogens with zero attached hydrogens (tertiary/aromatic N) is 2. The Kier molecular flexibility index (Phi) is 5.51. The summed E-state index contributed by atoms with van der Waals surface area (Å²) in [7, 11) is 3.75. The van der Waals surface area contributed by atoms with Crippen molar-refractivity contribution in [2.75, 3.05) is 13.7 Å². The fourth-order valence-electron chi connectivity index (χ4n) is 2.15. The van der Waals surface area contributed by atoms with E-state index in [0.717, 1.165) is 23.4 Å². The van der Waals surface area contributed by atoms with Gasteiger partial charge in [0.1, 0.15) is 17.5 Å². The Hall–Kier alpha value is -1.23. The Labute approximate surface area is 135 Å². The third-order valence-electron chi connectivity index (χ3n) is 3.38. The van der Waals surface area contributed by atoms with Gasteiger partial charge in [-0.2, -0.15) is 5.10 Å². The van der Waals surface area contributed by atoms with Crippen LogP contribution in [0.4, 0.5) is 0 Å². The van der Waals surface area contributed by atoms with Gasteiger partial charge in [0.2, 0.25) is 0 Å². The second-order valence-corrected chi connectivity index (χ2v) is 5.73. The van der Waals surface area contributed by atoms with Crippen LogP contribution >= 0.6 is 23.2 Å². The summed E-state index contributed by atoms with van der Waals surface area (Å²) in [6.07, 6.45) is 0.759. The lowest BCUT2D eigenvalue weighted by molar-refractivity contribution is 0.269. The van der Waals surface area contributed by atoms with Crippen LogP contribution < -0.4 is 10.1 Å². The third-order valence-corrected chi connectivity index (χ3v) is 4.08. The van der Waals surface area contributed by atoms with Crippen molar-refractivity contribution >= 4 is 23.2 Å². The standard InChI is InChI=1S/C15H19Cl2N3O/c1-10-14(15(17)20(3)19-10)8-12(18-2)9-21-13-6-4-5-11(16)7-13/h4-7,12,18H,8-9H2,1-3H3. The minimum Gasteiger partial charge on any atom is -0.492 e. The first kappa shape index (κ1) is 16.1. The number of aromatic nitrogens is 2. The monoisotopic (exact) mass is 327 g/mol. The predicted octanol–water partition coefficient (Wildman–Crippen LogP) is 3.24. The molecule has 2 rings (SSSR count). The van der Waals surface area contributed by atoms with Crippen LogP contribution in [-0.2, 0) is 13.5 Å². The lowest BCUT2D eigenvalue weighted by atomic mass is 10.1. The first-order chi connectivity index (χ1) is 10.0. The maximum absolute atomic E-state index is 6.27. The second kappa shape index (κ2) is 7.16. The molecule has 1 N–H and O–H groups in total. The maximum Gasteiger partial charge on any atom is 0.130 e. The van der Waals surface area contributed by atoms with Crippen molar-refractivity contribution in [3.63, 3.8) is 0 Å². The summed E-state index contributed by atoms with van der Waals surface area (Å²) in [6.45, 7) is 2.49. The van der Waals surface area contributed by atoms with E-state index >= 15 is 0 Å². The molecule has 0 aliphatic rings. The first-order valence-corrected chi connectivity index (χ1v) is 7.50. The zero-order valence-corrected chi connectivity index (χ0v) is 13.9. The Morgan fingerprint density at radius 3 is 2.71 bits per heavy atom. The zero-order valence-electron chi connectivity index (χ0n) is 12.4. The van der Waals surface area contributed by atoms with E-state index in [9.17, 15) is 0 Å². The van der Waals surface area contributed by atoms with Gasteiger partial charge in [0.15, 0.2) is 0 Å². The number of hydrogen-bond donors (Lipinski definition) is 1. The number of rotatable bonds is 6. The van der Waals surface area contributed by atoms with Crippen molar-refractivity contribution in [3.05, 3.63) is 45.7 Å². The summed E-state index contributed by atoms with van der Waals surface area (Å²) in [5, 5.41) is 8.91. The predicted molar refractivity (Wildman–Crippen MR) is 86.5 cm³/mol. The van der Waals surface area contributed by atoms with Crippen molar-refractivity contribution < 1.29 is 4.74 Å². The van der Waals surface area contributed by atoms with Crippen LogP contribution in [0.25, 0.3) is 0 Å². The Bertz CT molecular complexity index is 613. The molecule has 21 heavy (non-hydrogen) atoms. The fraction of sp³-hybridized carbons (Fsp3) is 0.400.